The molecule has 0 saturated heterocycles. The molecule has 6 nitrogen and oxygen atoms in total. The van der Waals surface area contributed by atoms with Crippen LogP contribution in [0.15, 0.2) is 82.0 Å². The van der Waals surface area contributed by atoms with Gasteiger partial charge in [-0.15, -0.1) is 0 Å². The fourth-order valence-corrected chi connectivity index (χ4v) is 2.88. The van der Waals surface area contributed by atoms with E-state index < -0.39 is 0 Å². The fourth-order valence-electron chi connectivity index (χ4n) is 2.88. The standard InChI is InChI=1S/C22H14N6/c23-11-21(25-13-17-9-15-5-1-3-7-19(15)27-17)22(12-24)26-14-18-10-16-6-2-4-8-20(16)28-18/h1-10,13-14,27-28H/b22-21+,25-13?,26-14?. The average molecular weight is 362 g/mol. The van der Waals surface area contributed by atoms with Crippen LogP contribution < -0.4 is 0 Å². The van der Waals surface area contributed by atoms with Crippen LogP contribution in [0.2, 0.25) is 0 Å². The zero-order chi connectivity index (χ0) is 19.3. The van der Waals surface area contributed by atoms with Gasteiger partial charge in [-0.25, -0.2) is 9.98 Å². The number of aromatic nitrogens is 2. The minimum absolute atomic E-state index is 0.0477. The molecule has 0 aliphatic rings. The van der Waals surface area contributed by atoms with E-state index in [1.54, 1.807) is 0 Å². The van der Waals surface area contributed by atoms with Crippen LogP contribution in [0.3, 0.4) is 0 Å². The number of benzene rings is 2. The van der Waals surface area contributed by atoms with Crippen LogP contribution in [0, 0.1) is 22.7 Å². The number of rotatable bonds is 4. The number of H-pyrrole nitrogens is 2. The Morgan fingerprint density at radius 3 is 1.54 bits per heavy atom. The molecule has 6 heteroatoms. The highest BCUT2D eigenvalue weighted by atomic mass is 14.9. The predicted molar refractivity (Wildman–Crippen MR) is 110 cm³/mol. The second kappa shape index (κ2) is 7.45. The van der Waals surface area contributed by atoms with Gasteiger partial charge < -0.3 is 9.97 Å². The van der Waals surface area contributed by atoms with Gasteiger partial charge in [-0.05, 0) is 24.3 Å². The van der Waals surface area contributed by atoms with Crippen molar-refractivity contribution in [2.75, 3.05) is 0 Å². The lowest BCUT2D eigenvalue weighted by Crippen LogP contribution is -1.88. The first-order valence-corrected chi connectivity index (χ1v) is 8.55. The molecule has 0 saturated carbocycles. The number of nitriles is 2. The summed E-state index contributed by atoms with van der Waals surface area (Å²) in [7, 11) is 0. The van der Waals surface area contributed by atoms with Crippen molar-refractivity contribution in [1.29, 1.82) is 10.5 Å². The van der Waals surface area contributed by atoms with Crippen LogP contribution in [0.4, 0.5) is 0 Å². The number of nitrogens with zero attached hydrogens (tertiary/aromatic N) is 4. The number of nitrogens with one attached hydrogen (secondary N) is 2. The van der Waals surface area contributed by atoms with Gasteiger partial charge in [0.15, 0.2) is 11.4 Å². The quantitative estimate of drug-likeness (QED) is 0.414. The molecule has 2 heterocycles. The molecule has 132 valence electrons. The second-order valence-electron chi connectivity index (χ2n) is 6.06. The van der Waals surface area contributed by atoms with Gasteiger partial charge in [0.1, 0.15) is 12.1 Å². The topological polar surface area (TPSA) is 104 Å². The fraction of sp³-hybridized carbons (Fsp3) is 0. The number of aromatic amines is 2. The SMILES string of the molecule is N#C/C(N=Cc1cc2ccccc2[nH]1)=C(/C#N)N=Cc1cc2ccccc2[nH]1. The lowest BCUT2D eigenvalue weighted by atomic mass is 10.2. The summed E-state index contributed by atoms with van der Waals surface area (Å²) in [5.74, 6) is 0. The Bertz CT molecular complexity index is 1160. The third kappa shape index (κ3) is 3.44. The number of hydrogen-bond donors (Lipinski definition) is 2. The molecule has 2 N–H and O–H groups in total. The highest BCUT2D eigenvalue weighted by Crippen LogP contribution is 2.15. The molecule has 0 amide bonds. The van der Waals surface area contributed by atoms with Gasteiger partial charge in [0.05, 0.1) is 23.8 Å². The van der Waals surface area contributed by atoms with Crippen molar-refractivity contribution < 1.29 is 0 Å². The summed E-state index contributed by atoms with van der Waals surface area (Å²) in [5.41, 5.74) is 3.34. The minimum atomic E-state index is -0.0477. The Hall–Kier alpha value is -4.42. The molecule has 0 aliphatic carbocycles. The number of allylic oxidation sites excluding steroid dienone is 2. The van der Waals surface area contributed by atoms with E-state index in [0.29, 0.717) is 0 Å². The summed E-state index contributed by atoms with van der Waals surface area (Å²) < 4.78 is 0. The van der Waals surface area contributed by atoms with Crippen molar-refractivity contribution in [3.05, 3.63) is 83.4 Å². The van der Waals surface area contributed by atoms with E-state index in [4.69, 9.17) is 0 Å². The van der Waals surface area contributed by atoms with Crippen molar-refractivity contribution in [2.24, 2.45) is 9.98 Å². The van der Waals surface area contributed by atoms with Gasteiger partial charge in [0.25, 0.3) is 0 Å². The molecule has 0 fully saturated rings. The monoisotopic (exact) mass is 362 g/mol. The number of hydrogen-bond acceptors (Lipinski definition) is 4. The lowest BCUT2D eigenvalue weighted by Gasteiger charge is -1.92. The second-order valence-corrected chi connectivity index (χ2v) is 6.06. The summed E-state index contributed by atoms with van der Waals surface area (Å²) in [6, 6.07) is 23.4. The van der Waals surface area contributed by atoms with Gasteiger partial charge in [-0.3, -0.25) is 0 Å². The number of fused-ring (bicyclic) bond motifs is 2. The third-order valence-corrected chi connectivity index (χ3v) is 4.20. The van der Waals surface area contributed by atoms with Crippen LogP contribution >= 0.6 is 0 Å². The van der Waals surface area contributed by atoms with Crippen molar-refractivity contribution in [3.63, 3.8) is 0 Å². The van der Waals surface area contributed by atoms with Crippen LogP contribution in [0.1, 0.15) is 11.4 Å². The molecule has 0 atom stereocenters. The first-order chi connectivity index (χ1) is 13.8. The smallest absolute Gasteiger partial charge is 0.177 e. The van der Waals surface area contributed by atoms with Gasteiger partial charge >= 0.3 is 0 Å². The predicted octanol–water partition coefficient (Wildman–Crippen LogP) is 4.45. The summed E-state index contributed by atoms with van der Waals surface area (Å²) in [6.07, 6.45) is 3.04. The molecule has 4 aromatic rings. The highest BCUT2D eigenvalue weighted by Gasteiger charge is 2.04. The van der Waals surface area contributed by atoms with E-state index in [0.717, 1.165) is 33.2 Å². The molecule has 2 aromatic heterocycles. The van der Waals surface area contributed by atoms with E-state index in [-0.39, 0.29) is 11.4 Å². The normalized spacial score (nSPS) is 12.5. The van der Waals surface area contributed by atoms with Crippen LogP contribution in [-0.4, -0.2) is 22.4 Å². The minimum Gasteiger partial charge on any atom is -0.354 e. The first kappa shape index (κ1) is 17.0. The van der Waals surface area contributed by atoms with Gasteiger partial charge in [-0.1, -0.05) is 36.4 Å². The number of para-hydroxylation sites is 2. The lowest BCUT2D eigenvalue weighted by molar-refractivity contribution is 1.26. The van der Waals surface area contributed by atoms with Crippen molar-refractivity contribution in [1.82, 2.24) is 9.97 Å². The summed E-state index contributed by atoms with van der Waals surface area (Å²) >= 11 is 0. The van der Waals surface area contributed by atoms with E-state index in [9.17, 15) is 10.5 Å². The molecular formula is C22H14N6. The van der Waals surface area contributed by atoms with E-state index in [1.165, 1.54) is 12.4 Å². The maximum Gasteiger partial charge on any atom is 0.177 e. The van der Waals surface area contributed by atoms with Gasteiger partial charge in [0, 0.05) is 21.8 Å². The molecule has 0 bridgehead atoms. The van der Waals surface area contributed by atoms with Crippen LogP contribution in [0.25, 0.3) is 21.8 Å². The van der Waals surface area contributed by atoms with E-state index in [1.807, 2.05) is 72.8 Å². The maximum absolute atomic E-state index is 9.39. The van der Waals surface area contributed by atoms with E-state index >= 15 is 0 Å². The Balaban J connectivity index is 1.62. The zero-order valence-corrected chi connectivity index (χ0v) is 14.7. The first-order valence-electron chi connectivity index (χ1n) is 8.55. The molecule has 0 spiro atoms. The molecule has 28 heavy (non-hydrogen) atoms. The molecular weight excluding hydrogens is 348 g/mol. The Morgan fingerprint density at radius 2 is 1.14 bits per heavy atom. The molecule has 2 aromatic carbocycles. The summed E-state index contributed by atoms with van der Waals surface area (Å²) in [5, 5.41) is 20.9. The summed E-state index contributed by atoms with van der Waals surface area (Å²) in [6.45, 7) is 0. The largest absolute Gasteiger partial charge is 0.354 e. The Kier molecular flexibility index (Phi) is 4.53. The number of aliphatic imine (C=N–C) groups is 2. The van der Waals surface area contributed by atoms with Gasteiger partial charge in [-0.2, -0.15) is 10.5 Å². The molecule has 4 rings (SSSR count). The molecule has 0 unspecified atom stereocenters. The summed E-state index contributed by atoms with van der Waals surface area (Å²) in [4.78, 5) is 14.7. The third-order valence-electron chi connectivity index (χ3n) is 4.20. The van der Waals surface area contributed by atoms with Gasteiger partial charge in [0.2, 0.25) is 0 Å². The average Bonchev–Trinajstić information content (AvgIpc) is 3.33. The maximum atomic E-state index is 9.39. The van der Waals surface area contributed by atoms with Crippen LogP contribution in [0.5, 0.6) is 0 Å². The highest BCUT2D eigenvalue weighted by molar-refractivity contribution is 5.91. The Labute approximate surface area is 160 Å². The molecule has 0 radical (unpaired) electrons. The van der Waals surface area contributed by atoms with Crippen molar-refractivity contribution in [3.8, 4) is 12.1 Å². The van der Waals surface area contributed by atoms with Crippen molar-refractivity contribution in [2.45, 2.75) is 0 Å². The van der Waals surface area contributed by atoms with Crippen molar-refractivity contribution >= 4 is 34.2 Å². The van der Waals surface area contributed by atoms with E-state index in [2.05, 4.69) is 20.0 Å². The zero-order valence-electron chi connectivity index (χ0n) is 14.7. The molecule has 0 aliphatic heterocycles. The van der Waals surface area contributed by atoms with Crippen LogP contribution in [-0.2, 0) is 0 Å². The Morgan fingerprint density at radius 1 is 0.714 bits per heavy atom.